The maximum absolute atomic E-state index is 12.8. The zero-order valence-corrected chi connectivity index (χ0v) is 10.7. The SMILES string of the molecule is O=C(O)[C@H]1Cc2cc(Cl)cc(Cl)c2O[C@H]1C(F)(F)F. The van der Waals surface area contributed by atoms with Crippen LogP contribution in [0.2, 0.25) is 10.0 Å². The predicted molar refractivity (Wildman–Crippen MR) is 61.8 cm³/mol. The molecule has 2 atom stereocenters. The lowest BCUT2D eigenvalue weighted by Gasteiger charge is -2.33. The summed E-state index contributed by atoms with van der Waals surface area (Å²) < 4.78 is 43.2. The minimum atomic E-state index is -4.79. The molecule has 19 heavy (non-hydrogen) atoms. The molecule has 8 heteroatoms. The summed E-state index contributed by atoms with van der Waals surface area (Å²) in [6.07, 6.45) is -7.55. The lowest BCUT2D eigenvalue weighted by molar-refractivity contribution is -0.217. The fraction of sp³-hybridized carbons (Fsp3) is 0.364. The van der Waals surface area contributed by atoms with Crippen LogP contribution in [0.15, 0.2) is 12.1 Å². The van der Waals surface area contributed by atoms with Crippen LogP contribution in [0.5, 0.6) is 5.75 Å². The van der Waals surface area contributed by atoms with Gasteiger partial charge in [-0.2, -0.15) is 13.2 Å². The van der Waals surface area contributed by atoms with Crippen molar-refractivity contribution in [1.82, 2.24) is 0 Å². The average molecular weight is 315 g/mol. The maximum atomic E-state index is 12.8. The van der Waals surface area contributed by atoms with E-state index in [9.17, 15) is 18.0 Å². The van der Waals surface area contributed by atoms with Gasteiger partial charge in [-0.15, -0.1) is 0 Å². The van der Waals surface area contributed by atoms with Gasteiger partial charge < -0.3 is 9.84 Å². The Balaban J connectivity index is 2.48. The third-order valence-electron chi connectivity index (χ3n) is 2.78. The Morgan fingerprint density at radius 1 is 1.37 bits per heavy atom. The van der Waals surface area contributed by atoms with Crippen LogP contribution >= 0.6 is 23.2 Å². The number of rotatable bonds is 1. The Morgan fingerprint density at radius 3 is 2.53 bits per heavy atom. The van der Waals surface area contributed by atoms with Gasteiger partial charge in [-0.05, 0) is 24.1 Å². The third-order valence-corrected chi connectivity index (χ3v) is 3.27. The van der Waals surface area contributed by atoms with Gasteiger partial charge in [-0.1, -0.05) is 23.2 Å². The Labute approximate surface area is 115 Å². The molecule has 1 N–H and O–H groups in total. The van der Waals surface area contributed by atoms with E-state index in [1.807, 2.05) is 0 Å². The van der Waals surface area contributed by atoms with Gasteiger partial charge in [0.2, 0.25) is 6.10 Å². The number of halogens is 5. The zero-order valence-electron chi connectivity index (χ0n) is 9.17. The average Bonchev–Trinajstić information content (AvgIpc) is 2.25. The van der Waals surface area contributed by atoms with Crippen LogP contribution in [-0.2, 0) is 11.2 Å². The second kappa shape index (κ2) is 4.76. The van der Waals surface area contributed by atoms with Crippen LogP contribution in [0.3, 0.4) is 0 Å². The first-order chi connectivity index (χ1) is 8.70. The second-order valence-corrected chi connectivity index (χ2v) is 4.95. The van der Waals surface area contributed by atoms with E-state index in [-0.39, 0.29) is 27.8 Å². The molecule has 0 bridgehead atoms. The van der Waals surface area contributed by atoms with E-state index in [1.54, 1.807) is 0 Å². The highest BCUT2D eigenvalue weighted by atomic mass is 35.5. The molecule has 2 rings (SSSR count). The third kappa shape index (κ3) is 2.74. The lowest BCUT2D eigenvalue weighted by atomic mass is 9.90. The summed E-state index contributed by atoms with van der Waals surface area (Å²) in [4.78, 5) is 10.9. The van der Waals surface area contributed by atoms with Crippen LogP contribution in [0.1, 0.15) is 5.56 Å². The van der Waals surface area contributed by atoms with Crippen molar-refractivity contribution < 1.29 is 27.8 Å². The molecule has 0 saturated carbocycles. The van der Waals surface area contributed by atoms with Gasteiger partial charge in [-0.25, -0.2) is 0 Å². The van der Waals surface area contributed by atoms with Crippen LogP contribution in [0.25, 0.3) is 0 Å². The molecular weight excluding hydrogens is 308 g/mol. The summed E-state index contributed by atoms with van der Waals surface area (Å²) in [5.41, 5.74) is 0.255. The summed E-state index contributed by atoms with van der Waals surface area (Å²) in [5, 5.41) is 9.03. The molecule has 1 aromatic rings. The van der Waals surface area contributed by atoms with E-state index in [4.69, 9.17) is 33.0 Å². The number of hydrogen-bond acceptors (Lipinski definition) is 2. The highest BCUT2D eigenvalue weighted by Gasteiger charge is 2.52. The van der Waals surface area contributed by atoms with Crippen molar-refractivity contribution in [3.63, 3.8) is 0 Å². The van der Waals surface area contributed by atoms with Gasteiger partial charge in [0, 0.05) is 5.02 Å². The molecule has 0 saturated heterocycles. The first kappa shape index (κ1) is 14.3. The molecule has 0 fully saturated rings. The number of carbonyl (C=O) groups is 1. The number of fused-ring (bicyclic) bond motifs is 1. The summed E-state index contributed by atoms with van der Waals surface area (Å²) >= 11 is 11.5. The lowest BCUT2D eigenvalue weighted by Crippen LogP contribution is -2.47. The van der Waals surface area contributed by atoms with Crippen LogP contribution in [0, 0.1) is 5.92 Å². The number of aliphatic carboxylic acids is 1. The predicted octanol–water partition coefficient (Wildman–Crippen LogP) is 3.56. The molecule has 1 aliphatic heterocycles. The monoisotopic (exact) mass is 314 g/mol. The van der Waals surface area contributed by atoms with E-state index in [0.717, 1.165) is 0 Å². The van der Waals surface area contributed by atoms with Gasteiger partial charge in [-0.3, -0.25) is 4.79 Å². The maximum Gasteiger partial charge on any atom is 0.426 e. The largest absolute Gasteiger partial charge is 0.481 e. The summed E-state index contributed by atoms with van der Waals surface area (Å²) in [7, 11) is 0. The quantitative estimate of drug-likeness (QED) is 0.862. The van der Waals surface area contributed by atoms with Crippen molar-refractivity contribution in [1.29, 1.82) is 0 Å². The minimum absolute atomic E-state index is 0.0689. The second-order valence-electron chi connectivity index (χ2n) is 4.10. The molecule has 0 spiro atoms. The molecule has 1 heterocycles. The molecule has 0 radical (unpaired) electrons. The standard InChI is InChI=1S/C11H7Cl2F3O3/c12-5-1-4-2-6(10(17)18)9(11(14,15)16)19-8(4)7(13)3-5/h1,3,6,9H,2H2,(H,17,18)/t6-,9+/m0/s1. The molecule has 0 unspecified atom stereocenters. The van der Waals surface area contributed by atoms with Crippen molar-refractivity contribution in [3.05, 3.63) is 27.7 Å². The van der Waals surface area contributed by atoms with Crippen molar-refractivity contribution in [2.45, 2.75) is 18.7 Å². The zero-order chi connectivity index (χ0) is 14.4. The number of carboxylic acid groups (broad SMARTS) is 1. The van der Waals surface area contributed by atoms with Crippen molar-refractivity contribution in [2.24, 2.45) is 5.92 Å². The van der Waals surface area contributed by atoms with E-state index in [2.05, 4.69) is 0 Å². The van der Waals surface area contributed by atoms with Crippen molar-refractivity contribution in [2.75, 3.05) is 0 Å². The topological polar surface area (TPSA) is 46.5 Å². The van der Waals surface area contributed by atoms with E-state index >= 15 is 0 Å². The Morgan fingerprint density at radius 2 is 2.00 bits per heavy atom. The first-order valence-electron chi connectivity index (χ1n) is 5.14. The molecule has 0 aliphatic carbocycles. The van der Waals surface area contributed by atoms with E-state index in [0.29, 0.717) is 0 Å². The summed E-state index contributed by atoms with van der Waals surface area (Å²) in [5.74, 6) is -3.46. The Bertz CT molecular complexity index is 531. The molecule has 1 aromatic carbocycles. The normalized spacial score (nSPS) is 22.6. The highest BCUT2D eigenvalue weighted by Crippen LogP contribution is 2.43. The minimum Gasteiger partial charge on any atom is -0.481 e. The van der Waals surface area contributed by atoms with Crippen molar-refractivity contribution in [3.8, 4) is 5.75 Å². The van der Waals surface area contributed by atoms with Crippen molar-refractivity contribution >= 4 is 29.2 Å². The van der Waals surface area contributed by atoms with Crippen LogP contribution in [-0.4, -0.2) is 23.4 Å². The highest BCUT2D eigenvalue weighted by molar-refractivity contribution is 6.35. The molecule has 0 aromatic heterocycles. The number of carboxylic acids is 1. The molecule has 0 amide bonds. The van der Waals surface area contributed by atoms with Gasteiger partial charge in [0.15, 0.2) is 0 Å². The van der Waals surface area contributed by atoms with Crippen LogP contribution in [0.4, 0.5) is 13.2 Å². The Hall–Kier alpha value is -1.14. The molecule has 3 nitrogen and oxygen atoms in total. The van der Waals surface area contributed by atoms with E-state index < -0.39 is 24.2 Å². The number of hydrogen-bond donors (Lipinski definition) is 1. The van der Waals surface area contributed by atoms with Gasteiger partial charge in [0.1, 0.15) is 11.7 Å². The fourth-order valence-corrected chi connectivity index (χ4v) is 2.54. The van der Waals surface area contributed by atoms with E-state index in [1.165, 1.54) is 12.1 Å². The number of alkyl halides is 3. The Kier molecular flexibility index (Phi) is 3.57. The number of benzene rings is 1. The fourth-order valence-electron chi connectivity index (χ4n) is 1.96. The number of ether oxygens (including phenoxy) is 1. The molecule has 1 aliphatic rings. The van der Waals surface area contributed by atoms with Gasteiger partial charge in [0.25, 0.3) is 0 Å². The smallest absolute Gasteiger partial charge is 0.426 e. The molecular formula is C11H7Cl2F3O3. The first-order valence-corrected chi connectivity index (χ1v) is 5.90. The van der Waals surface area contributed by atoms with Crippen LogP contribution < -0.4 is 4.74 Å². The summed E-state index contributed by atoms with van der Waals surface area (Å²) in [6, 6.07) is 2.60. The van der Waals surface area contributed by atoms with Gasteiger partial charge in [0.05, 0.1) is 5.02 Å². The summed E-state index contributed by atoms with van der Waals surface area (Å²) in [6.45, 7) is 0. The van der Waals surface area contributed by atoms with Gasteiger partial charge >= 0.3 is 12.1 Å². The molecule has 104 valence electrons.